The minimum atomic E-state index is -1.24. The average molecular weight is 318 g/mol. The monoisotopic (exact) mass is 317 g/mol. The summed E-state index contributed by atoms with van der Waals surface area (Å²) in [6.45, 7) is 3.46. The molecule has 20 heavy (non-hydrogen) atoms. The molecule has 1 unspecified atom stereocenters. The van der Waals surface area contributed by atoms with Crippen LogP contribution < -0.4 is 0 Å². The normalized spacial score (nSPS) is 12.3. The summed E-state index contributed by atoms with van der Waals surface area (Å²) in [7, 11) is -1.24. The third-order valence-corrected chi connectivity index (χ3v) is 3.93. The Balaban J connectivity index is 2.14. The fourth-order valence-corrected chi connectivity index (χ4v) is 2.80. The third-order valence-electron chi connectivity index (χ3n) is 2.34. The number of hydrogen-bond acceptors (Lipinski definition) is 3. The number of rotatable bonds is 5. The van der Waals surface area contributed by atoms with Gasteiger partial charge in [0, 0.05) is 21.4 Å². The maximum absolute atomic E-state index is 13.1. The van der Waals surface area contributed by atoms with E-state index in [9.17, 15) is 13.0 Å². The van der Waals surface area contributed by atoms with Crippen LogP contribution in [0.3, 0.4) is 0 Å². The molecule has 0 spiro atoms. The molecular weight excluding hydrogens is 308 g/mol. The molecule has 1 aromatic heterocycles. The molecule has 0 aliphatic rings. The van der Waals surface area contributed by atoms with Crippen molar-refractivity contribution in [1.29, 1.82) is 0 Å². The first-order chi connectivity index (χ1) is 9.45. The molecule has 1 aromatic carbocycles. The quantitative estimate of drug-likeness (QED) is 0.846. The molecule has 1 atom stereocenters. The molecule has 2 rings (SSSR count). The highest BCUT2D eigenvalue weighted by Crippen LogP contribution is 2.21. The van der Waals surface area contributed by atoms with Crippen molar-refractivity contribution in [3.05, 3.63) is 53.4 Å². The third kappa shape index (κ3) is 3.74. The Morgan fingerprint density at radius 1 is 1.40 bits per heavy atom. The number of benzene rings is 1. The van der Waals surface area contributed by atoms with E-state index in [0.717, 1.165) is 12.1 Å². The highest BCUT2D eigenvalue weighted by Gasteiger charge is 2.12. The van der Waals surface area contributed by atoms with Gasteiger partial charge in [0.1, 0.15) is 6.26 Å². The van der Waals surface area contributed by atoms with Gasteiger partial charge in [-0.15, -0.1) is 0 Å². The Hall–Kier alpha value is -1.53. The van der Waals surface area contributed by atoms with Gasteiger partial charge in [-0.1, -0.05) is 18.2 Å². The Morgan fingerprint density at radius 2 is 2.15 bits per heavy atom. The summed E-state index contributed by atoms with van der Waals surface area (Å²) < 4.78 is 42.7. The zero-order valence-electron chi connectivity index (χ0n) is 10.2. The highest BCUT2D eigenvalue weighted by atomic mass is 35.5. The first-order valence-corrected chi connectivity index (χ1v) is 7.40. The van der Waals surface area contributed by atoms with Crippen molar-refractivity contribution in [1.82, 2.24) is 4.98 Å². The number of nitrogens with zero attached hydrogens (tertiary/aromatic N) is 1. The van der Waals surface area contributed by atoms with E-state index in [4.69, 9.17) is 16.0 Å². The first-order valence-electron chi connectivity index (χ1n) is 5.54. The second-order valence-electron chi connectivity index (χ2n) is 4.02. The van der Waals surface area contributed by atoms with E-state index in [1.807, 2.05) is 0 Å². The lowest BCUT2D eigenvalue weighted by Gasteiger charge is -1.97. The summed E-state index contributed by atoms with van der Waals surface area (Å²) in [5, 5.41) is 0.299. The van der Waals surface area contributed by atoms with Crippen molar-refractivity contribution in [3.8, 4) is 11.5 Å². The van der Waals surface area contributed by atoms with Crippen LogP contribution in [-0.2, 0) is 16.6 Å². The van der Waals surface area contributed by atoms with Crippen molar-refractivity contribution < 1.29 is 17.4 Å². The Kier molecular flexibility index (Phi) is 4.67. The predicted octanol–water partition coefficient (Wildman–Crippen LogP) is 3.62. The summed E-state index contributed by atoms with van der Waals surface area (Å²) in [5.74, 6) is -1.47. The van der Waals surface area contributed by atoms with Gasteiger partial charge in [-0.25, -0.2) is 13.8 Å². The predicted molar refractivity (Wildman–Crippen MR) is 73.6 cm³/mol. The van der Waals surface area contributed by atoms with Crippen molar-refractivity contribution in [2.24, 2.45) is 0 Å². The summed E-state index contributed by atoms with van der Waals surface area (Å²) in [6, 6.07) is 3.33. The molecule has 0 radical (unpaired) electrons. The highest BCUT2D eigenvalue weighted by molar-refractivity contribution is 7.84. The van der Waals surface area contributed by atoms with Crippen LogP contribution in [0.15, 0.2) is 40.5 Å². The molecule has 0 bridgehead atoms. The van der Waals surface area contributed by atoms with Crippen LogP contribution in [0.2, 0.25) is 0 Å². The molecule has 7 heteroatoms. The number of halogens is 3. The van der Waals surface area contributed by atoms with Crippen LogP contribution in [0.5, 0.6) is 0 Å². The van der Waals surface area contributed by atoms with Crippen molar-refractivity contribution in [2.75, 3.05) is 5.75 Å². The van der Waals surface area contributed by atoms with E-state index in [2.05, 4.69) is 11.6 Å². The fraction of sp³-hybridized carbons (Fsp3) is 0.154. The molecule has 0 N–H and O–H groups in total. The van der Waals surface area contributed by atoms with Gasteiger partial charge in [0.05, 0.1) is 17.2 Å². The summed E-state index contributed by atoms with van der Waals surface area (Å²) in [4.78, 5) is 4.08. The molecule has 0 amide bonds. The average Bonchev–Trinajstić information content (AvgIpc) is 2.80. The van der Waals surface area contributed by atoms with Gasteiger partial charge in [-0.05, 0) is 18.2 Å². The minimum Gasteiger partial charge on any atom is -0.444 e. The van der Waals surface area contributed by atoms with E-state index in [0.29, 0.717) is 16.3 Å². The Bertz CT molecular complexity index is 672. The smallest absolute Gasteiger partial charge is 0.226 e. The number of aromatic nitrogens is 1. The number of oxazole rings is 1. The van der Waals surface area contributed by atoms with Crippen LogP contribution in [-0.4, -0.2) is 14.9 Å². The van der Waals surface area contributed by atoms with Crippen molar-refractivity contribution >= 4 is 22.4 Å². The molecule has 0 aliphatic heterocycles. The summed E-state index contributed by atoms with van der Waals surface area (Å²) >= 11 is 5.56. The standard InChI is InChI=1S/C13H10ClF2NO2S/c1-8(14)6-20(18)7-10-5-19-13(17-10)9-2-3-11(15)12(16)4-9/h2-5H,1,6-7H2. The van der Waals surface area contributed by atoms with E-state index in [1.54, 1.807) is 0 Å². The molecule has 3 nitrogen and oxygen atoms in total. The van der Waals surface area contributed by atoms with Gasteiger partial charge in [0.15, 0.2) is 11.6 Å². The zero-order chi connectivity index (χ0) is 14.7. The zero-order valence-corrected chi connectivity index (χ0v) is 11.8. The minimum absolute atomic E-state index is 0.139. The molecule has 1 heterocycles. The maximum Gasteiger partial charge on any atom is 0.226 e. The van der Waals surface area contributed by atoms with Gasteiger partial charge >= 0.3 is 0 Å². The summed E-state index contributed by atoms with van der Waals surface area (Å²) in [5.41, 5.74) is 0.753. The van der Waals surface area contributed by atoms with E-state index >= 15 is 0 Å². The van der Waals surface area contributed by atoms with Crippen LogP contribution >= 0.6 is 11.6 Å². The molecule has 2 aromatic rings. The topological polar surface area (TPSA) is 43.1 Å². The van der Waals surface area contributed by atoms with Gasteiger partial charge in [0.25, 0.3) is 0 Å². The lowest BCUT2D eigenvalue weighted by atomic mass is 10.2. The van der Waals surface area contributed by atoms with E-state index in [1.165, 1.54) is 12.3 Å². The van der Waals surface area contributed by atoms with Crippen LogP contribution in [0, 0.1) is 11.6 Å². The van der Waals surface area contributed by atoms with Gasteiger partial charge in [-0.3, -0.25) is 4.21 Å². The largest absolute Gasteiger partial charge is 0.444 e. The molecule has 0 saturated heterocycles. The molecule has 0 saturated carbocycles. The lowest BCUT2D eigenvalue weighted by Crippen LogP contribution is -2.00. The maximum atomic E-state index is 13.1. The second kappa shape index (κ2) is 6.28. The SMILES string of the molecule is C=C(Cl)CS(=O)Cc1coc(-c2ccc(F)c(F)c2)n1. The van der Waals surface area contributed by atoms with Crippen LogP contribution in [0.25, 0.3) is 11.5 Å². The van der Waals surface area contributed by atoms with Crippen LogP contribution in [0.1, 0.15) is 5.69 Å². The summed E-state index contributed by atoms with van der Waals surface area (Å²) in [6.07, 6.45) is 1.32. The van der Waals surface area contributed by atoms with Gasteiger partial charge in [-0.2, -0.15) is 0 Å². The Morgan fingerprint density at radius 3 is 2.80 bits per heavy atom. The van der Waals surface area contributed by atoms with Crippen LogP contribution in [0.4, 0.5) is 8.78 Å². The van der Waals surface area contributed by atoms with E-state index < -0.39 is 22.4 Å². The Labute approximate surface area is 121 Å². The van der Waals surface area contributed by atoms with Crippen molar-refractivity contribution in [2.45, 2.75) is 5.75 Å². The fourth-order valence-electron chi connectivity index (χ4n) is 1.53. The molecule has 0 fully saturated rings. The van der Waals surface area contributed by atoms with Gasteiger partial charge in [0.2, 0.25) is 5.89 Å². The van der Waals surface area contributed by atoms with E-state index in [-0.39, 0.29) is 17.4 Å². The number of hydrogen-bond donors (Lipinski definition) is 0. The molecule has 106 valence electrons. The van der Waals surface area contributed by atoms with Crippen molar-refractivity contribution in [3.63, 3.8) is 0 Å². The molecule has 0 aliphatic carbocycles. The van der Waals surface area contributed by atoms with Gasteiger partial charge < -0.3 is 4.42 Å². The lowest BCUT2D eigenvalue weighted by molar-refractivity contribution is 0.507. The first kappa shape index (κ1) is 14.9. The second-order valence-corrected chi connectivity index (χ2v) is 6.01. The molecular formula is C13H10ClF2NO2S.